The highest BCUT2D eigenvalue weighted by molar-refractivity contribution is 5.77. The second kappa shape index (κ2) is 3.65. The van der Waals surface area contributed by atoms with Crippen molar-refractivity contribution in [2.24, 2.45) is 0 Å². The molecular formula is C12H14FNO. The number of carbonyl (C=O) groups is 1. The maximum Gasteiger partial charge on any atom is 0.220 e. The monoisotopic (exact) mass is 207 g/mol. The molecule has 0 saturated heterocycles. The third kappa shape index (κ3) is 2.01. The van der Waals surface area contributed by atoms with Gasteiger partial charge in [-0.1, -0.05) is 19.1 Å². The Labute approximate surface area is 88.5 Å². The molecule has 1 fully saturated rings. The van der Waals surface area contributed by atoms with Crippen LogP contribution in [-0.4, -0.2) is 5.91 Å². The van der Waals surface area contributed by atoms with Crippen LogP contribution in [0.1, 0.15) is 31.7 Å². The van der Waals surface area contributed by atoms with Gasteiger partial charge in [-0.15, -0.1) is 0 Å². The number of halogens is 1. The van der Waals surface area contributed by atoms with Gasteiger partial charge in [0, 0.05) is 6.42 Å². The highest BCUT2D eigenvalue weighted by Crippen LogP contribution is 2.45. The normalized spacial score (nSPS) is 17.2. The van der Waals surface area contributed by atoms with E-state index in [2.05, 4.69) is 5.32 Å². The number of benzene rings is 1. The largest absolute Gasteiger partial charge is 0.347 e. The lowest BCUT2D eigenvalue weighted by Gasteiger charge is -2.17. The van der Waals surface area contributed by atoms with Gasteiger partial charge in [0.05, 0.1) is 5.54 Å². The van der Waals surface area contributed by atoms with Gasteiger partial charge in [0.15, 0.2) is 0 Å². The van der Waals surface area contributed by atoms with E-state index in [0.717, 1.165) is 18.4 Å². The number of amides is 1. The minimum Gasteiger partial charge on any atom is -0.347 e. The highest BCUT2D eigenvalue weighted by Gasteiger charge is 2.45. The maximum atomic E-state index is 13.0. The summed E-state index contributed by atoms with van der Waals surface area (Å²) in [5, 5.41) is 2.95. The van der Waals surface area contributed by atoms with E-state index < -0.39 is 0 Å². The molecule has 1 aliphatic carbocycles. The molecule has 0 bridgehead atoms. The molecule has 2 rings (SSSR count). The minimum absolute atomic E-state index is 0.0248. The van der Waals surface area contributed by atoms with E-state index in [4.69, 9.17) is 0 Å². The molecule has 0 heterocycles. The fourth-order valence-corrected chi connectivity index (χ4v) is 1.75. The van der Waals surface area contributed by atoms with Crippen LogP contribution in [0.15, 0.2) is 24.3 Å². The van der Waals surface area contributed by atoms with Crippen LogP contribution in [-0.2, 0) is 10.3 Å². The molecule has 1 aliphatic rings. The van der Waals surface area contributed by atoms with E-state index in [0.29, 0.717) is 6.42 Å². The minimum atomic E-state index is -0.283. The van der Waals surface area contributed by atoms with Crippen molar-refractivity contribution in [1.29, 1.82) is 0 Å². The Morgan fingerprint density at radius 2 is 2.27 bits per heavy atom. The van der Waals surface area contributed by atoms with Gasteiger partial charge in [-0.3, -0.25) is 4.79 Å². The summed E-state index contributed by atoms with van der Waals surface area (Å²) in [5.41, 5.74) is 0.596. The molecule has 3 heteroatoms. The average molecular weight is 207 g/mol. The van der Waals surface area contributed by atoms with Crippen LogP contribution in [0, 0.1) is 5.82 Å². The molecule has 80 valence electrons. The van der Waals surface area contributed by atoms with E-state index in [1.54, 1.807) is 6.07 Å². The summed E-state index contributed by atoms with van der Waals surface area (Å²) in [6.07, 6.45) is 2.28. The molecule has 0 atom stereocenters. The zero-order valence-corrected chi connectivity index (χ0v) is 8.72. The number of hydrogen-bond donors (Lipinski definition) is 1. The van der Waals surface area contributed by atoms with Crippen molar-refractivity contribution in [2.45, 2.75) is 31.7 Å². The zero-order chi connectivity index (χ0) is 10.9. The predicted molar refractivity (Wildman–Crippen MR) is 55.7 cm³/mol. The first-order chi connectivity index (χ1) is 7.16. The summed E-state index contributed by atoms with van der Waals surface area (Å²) < 4.78 is 13.0. The Kier molecular flexibility index (Phi) is 2.47. The van der Waals surface area contributed by atoms with E-state index >= 15 is 0 Å². The van der Waals surface area contributed by atoms with Gasteiger partial charge in [0.25, 0.3) is 0 Å². The molecule has 0 aliphatic heterocycles. The van der Waals surface area contributed by atoms with Crippen LogP contribution in [0.2, 0.25) is 0 Å². The third-order valence-electron chi connectivity index (χ3n) is 2.83. The van der Waals surface area contributed by atoms with Crippen LogP contribution >= 0.6 is 0 Å². The standard InChI is InChI=1S/C12H14FNO/c1-2-11(15)14-12(6-7-12)9-4-3-5-10(13)8-9/h3-5,8H,2,6-7H2,1H3,(H,14,15). The summed E-state index contributed by atoms with van der Waals surface area (Å²) in [5.74, 6) is -0.221. The van der Waals surface area contributed by atoms with Crippen LogP contribution in [0.25, 0.3) is 0 Å². The number of rotatable bonds is 3. The molecule has 0 aromatic heterocycles. The van der Waals surface area contributed by atoms with E-state index in [1.807, 2.05) is 13.0 Å². The lowest BCUT2D eigenvalue weighted by Crippen LogP contribution is -2.34. The summed E-state index contributed by atoms with van der Waals surface area (Å²) >= 11 is 0. The van der Waals surface area contributed by atoms with Crippen molar-refractivity contribution in [1.82, 2.24) is 5.32 Å². The lowest BCUT2D eigenvalue weighted by atomic mass is 10.0. The van der Waals surface area contributed by atoms with Crippen LogP contribution < -0.4 is 5.32 Å². The van der Waals surface area contributed by atoms with Gasteiger partial charge < -0.3 is 5.32 Å². The molecule has 1 N–H and O–H groups in total. The SMILES string of the molecule is CCC(=O)NC1(c2cccc(F)c2)CC1. The average Bonchev–Trinajstić information content (AvgIpc) is 2.99. The summed E-state index contributed by atoms with van der Waals surface area (Å²) in [6.45, 7) is 1.82. The van der Waals surface area contributed by atoms with Crippen molar-refractivity contribution in [3.63, 3.8) is 0 Å². The molecule has 1 aromatic rings. The second-order valence-electron chi connectivity index (χ2n) is 3.99. The van der Waals surface area contributed by atoms with Crippen molar-refractivity contribution < 1.29 is 9.18 Å². The molecular weight excluding hydrogens is 193 g/mol. The molecule has 1 amide bonds. The molecule has 0 spiro atoms. The van der Waals surface area contributed by atoms with Crippen molar-refractivity contribution in [3.05, 3.63) is 35.6 Å². The van der Waals surface area contributed by atoms with Crippen molar-refractivity contribution in [2.75, 3.05) is 0 Å². The summed E-state index contributed by atoms with van der Waals surface area (Å²) in [6, 6.07) is 6.47. The first-order valence-corrected chi connectivity index (χ1v) is 5.23. The predicted octanol–water partition coefficient (Wildman–Crippen LogP) is 2.34. The quantitative estimate of drug-likeness (QED) is 0.809. The number of hydrogen-bond acceptors (Lipinski definition) is 1. The maximum absolute atomic E-state index is 13.0. The topological polar surface area (TPSA) is 29.1 Å². The van der Waals surface area contributed by atoms with Gasteiger partial charge in [-0.2, -0.15) is 0 Å². The molecule has 1 aromatic carbocycles. The van der Waals surface area contributed by atoms with Gasteiger partial charge in [0.2, 0.25) is 5.91 Å². The Morgan fingerprint density at radius 1 is 1.53 bits per heavy atom. The first kappa shape index (κ1) is 10.1. The van der Waals surface area contributed by atoms with E-state index in [9.17, 15) is 9.18 Å². The highest BCUT2D eigenvalue weighted by atomic mass is 19.1. The first-order valence-electron chi connectivity index (χ1n) is 5.23. The summed E-state index contributed by atoms with van der Waals surface area (Å²) in [7, 11) is 0. The zero-order valence-electron chi connectivity index (χ0n) is 8.72. The van der Waals surface area contributed by atoms with Crippen LogP contribution in [0.5, 0.6) is 0 Å². The van der Waals surface area contributed by atoms with Crippen molar-refractivity contribution in [3.8, 4) is 0 Å². The van der Waals surface area contributed by atoms with E-state index in [1.165, 1.54) is 12.1 Å². The van der Waals surface area contributed by atoms with Crippen LogP contribution in [0.4, 0.5) is 4.39 Å². The molecule has 1 saturated carbocycles. The van der Waals surface area contributed by atoms with Gasteiger partial charge in [-0.25, -0.2) is 4.39 Å². The fourth-order valence-electron chi connectivity index (χ4n) is 1.75. The van der Waals surface area contributed by atoms with Gasteiger partial charge >= 0.3 is 0 Å². The Morgan fingerprint density at radius 3 is 2.80 bits per heavy atom. The third-order valence-corrected chi connectivity index (χ3v) is 2.83. The van der Waals surface area contributed by atoms with Gasteiger partial charge in [0.1, 0.15) is 5.82 Å². The smallest absolute Gasteiger partial charge is 0.220 e. The summed E-state index contributed by atoms with van der Waals surface area (Å²) in [4.78, 5) is 11.3. The molecule has 2 nitrogen and oxygen atoms in total. The fraction of sp³-hybridized carbons (Fsp3) is 0.417. The Balaban J connectivity index is 2.19. The lowest BCUT2D eigenvalue weighted by molar-refractivity contribution is -0.121. The van der Waals surface area contributed by atoms with Crippen molar-refractivity contribution >= 4 is 5.91 Å². The van der Waals surface area contributed by atoms with Gasteiger partial charge in [-0.05, 0) is 30.5 Å². The molecule has 0 radical (unpaired) electrons. The second-order valence-corrected chi connectivity index (χ2v) is 3.99. The van der Waals surface area contributed by atoms with E-state index in [-0.39, 0.29) is 17.3 Å². The van der Waals surface area contributed by atoms with Crippen LogP contribution in [0.3, 0.4) is 0 Å². The number of nitrogens with one attached hydrogen (secondary N) is 1. The Hall–Kier alpha value is -1.38. The molecule has 15 heavy (non-hydrogen) atoms. The Bertz CT molecular complexity index is 385. The number of carbonyl (C=O) groups excluding carboxylic acids is 1. The molecule has 0 unspecified atom stereocenters.